The zero-order valence-electron chi connectivity index (χ0n) is 17.9. The molecule has 1 aliphatic carbocycles. The van der Waals surface area contributed by atoms with Gasteiger partial charge in [-0.3, -0.25) is 9.59 Å². The number of aromatic amines is 1. The molecule has 2 aromatic rings. The molecule has 1 amide bonds. The number of nitrogens with one attached hydrogen (secondary N) is 1. The molecule has 9 nitrogen and oxygen atoms in total. The molecule has 0 aromatic carbocycles. The number of nitrogens with zero attached hydrogens (tertiary/aromatic N) is 3. The highest BCUT2D eigenvalue weighted by Gasteiger charge is 2.32. The van der Waals surface area contributed by atoms with Crippen LogP contribution in [-0.4, -0.2) is 47.9 Å². The third kappa shape index (κ3) is 4.40. The molecule has 10 heteroatoms. The van der Waals surface area contributed by atoms with Crippen molar-refractivity contribution in [3.8, 4) is 11.9 Å². The lowest BCUT2D eigenvalue weighted by molar-refractivity contribution is -0.119. The first-order valence-corrected chi connectivity index (χ1v) is 11.5. The normalized spacial score (nSPS) is 21.2. The maximum Gasteiger partial charge on any atom is 0.255 e. The Bertz CT molecular complexity index is 1160. The van der Waals surface area contributed by atoms with Crippen LogP contribution in [0.2, 0.25) is 0 Å². The molecule has 4 rings (SSSR count). The largest absolute Gasteiger partial charge is 0.477 e. The standard InChI is InChI=1S/C22H26N6O3S/c1-28-7-3-4-12(28)11-31-18-9-13(29)8-16(26-18)20(24)27-22(30)14-5-2-6-17-19(14)15(10-23)21(25)32-17/h8-9,12,14H,2-7,11,25H2,1H3,(H,26,29)(H2,24,27,30). The number of aliphatic imine (C=N–C) groups is 1. The predicted molar refractivity (Wildman–Crippen MR) is 123 cm³/mol. The maximum absolute atomic E-state index is 13.0. The second kappa shape index (κ2) is 9.14. The van der Waals surface area contributed by atoms with E-state index in [0.717, 1.165) is 37.1 Å². The number of aryl methyl sites for hydroxylation is 1. The summed E-state index contributed by atoms with van der Waals surface area (Å²) in [5.41, 5.74) is 13.0. The highest BCUT2D eigenvalue weighted by atomic mass is 32.1. The van der Waals surface area contributed by atoms with Gasteiger partial charge in [-0.2, -0.15) is 10.3 Å². The minimum Gasteiger partial charge on any atom is -0.477 e. The number of amidine groups is 1. The Labute approximate surface area is 189 Å². The first-order valence-electron chi connectivity index (χ1n) is 10.6. The van der Waals surface area contributed by atoms with Crippen molar-refractivity contribution in [3.05, 3.63) is 44.1 Å². The second-order valence-corrected chi connectivity index (χ2v) is 9.39. The smallest absolute Gasteiger partial charge is 0.255 e. The number of thiophene rings is 1. The number of anilines is 1. The summed E-state index contributed by atoms with van der Waals surface area (Å²) in [6.07, 6.45) is 4.33. The van der Waals surface area contributed by atoms with E-state index >= 15 is 0 Å². The highest BCUT2D eigenvalue weighted by molar-refractivity contribution is 7.16. The number of nitrogen functional groups attached to an aromatic ring is 1. The summed E-state index contributed by atoms with van der Waals surface area (Å²) >= 11 is 1.35. The van der Waals surface area contributed by atoms with Crippen LogP contribution < -0.4 is 21.6 Å². The first kappa shape index (κ1) is 22.0. The van der Waals surface area contributed by atoms with Crippen molar-refractivity contribution in [2.45, 2.75) is 44.1 Å². The summed E-state index contributed by atoms with van der Waals surface area (Å²) in [7, 11) is 2.05. The molecule has 2 aromatic heterocycles. The van der Waals surface area contributed by atoms with Crippen LogP contribution in [0.4, 0.5) is 5.00 Å². The molecule has 1 fully saturated rings. The Kier molecular flexibility index (Phi) is 6.30. The number of nitriles is 1. The van der Waals surface area contributed by atoms with Crippen LogP contribution in [0.5, 0.6) is 5.88 Å². The van der Waals surface area contributed by atoms with Crippen LogP contribution >= 0.6 is 11.3 Å². The van der Waals surface area contributed by atoms with Gasteiger partial charge in [-0.1, -0.05) is 0 Å². The number of H-pyrrole nitrogens is 1. The lowest BCUT2D eigenvalue weighted by atomic mass is 9.85. The number of carbonyl (C=O) groups is 1. The number of carbonyl (C=O) groups excluding carboxylic acids is 1. The van der Waals surface area contributed by atoms with Gasteiger partial charge in [0.1, 0.15) is 17.7 Å². The molecule has 2 unspecified atom stereocenters. The topological polar surface area (TPSA) is 151 Å². The molecule has 1 saturated heterocycles. The minimum absolute atomic E-state index is 0.0932. The van der Waals surface area contributed by atoms with Gasteiger partial charge in [0.25, 0.3) is 5.91 Å². The van der Waals surface area contributed by atoms with Gasteiger partial charge in [0.05, 0.1) is 17.2 Å². The van der Waals surface area contributed by atoms with Gasteiger partial charge in [0.2, 0.25) is 0 Å². The van der Waals surface area contributed by atoms with E-state index in [1.807, 2.05) is 7.05 Å². The van der Waals surface area contributed by atoms with E-state index in [9.17, 15) is 14.9 Å². The van der Waals surface area contributed by atoms with E-state index in [4.69, 9.17) is 16.2 Å². The van der Waals surface area contributed by atoms with Crippen molar-refractivity contribution in [1.29, 1.82) is 5.26 Å². The molecule has 2 atom stereocenters. The van der Waals surface area contributed by atoms with Crippen molar-refractivity contribution < 1.29 is 9.53 Å². The fourth-order valence-electron chi connectivity index (χ4n) is 4.40. The van der Waals surface area contributed by atoms with Gasteiger partial charge < -0.3 is 26.1 Å². The molecule has 0 spiro atoms. The van der Waals surface area contributed by atoms with Crippen molar-refractivity contribution in [2.75, 3.05) is 25.9 Å². The third-order valence-electron chi connectivity index (χ3n) is 6.13. The number of amides is 1. The van der Waals surface area contributed by atoms with Crippen molar-refractivity contribution >= 4 is 28.1 Å². The zero-order chi connectivity index (χ0) is 22.8. The van der Waals surface area contributed by atoms with Crippen LogP contribution in [0.15, 0.2) is 21.9 Å². The maximum atomic E-state index is 13.0. The number of fused-ring (bicyclic) bond motifs is 1. The average Bonchev–Trinajstić information content (AvgIpc) is 3.32. The lowest BCUT2D eigenvalue weighted by Gasteiger charge is -2.20. The number of likely N-dealkylation sites (tertiary alicyclic amines) is 1. The molecule has 0 radical (unpaired) electrons. The SMILES string of the molecule is CN1CCCC1COc1cc(=O)cc(C(N)=NC(=O)C2CCCc3sc(N)c(C#N)c32)[nH]1. The van der Waals surface area contributed by atoms with Gasteiger partial charge in [0.15, 0.2) is 17.1 Å². The van der Waals surface area contributed by atoms with Crippen LogP contribution in [-0.2, 0) is 11.2 Å². The van der Waals surface area contributed by atoms with Gasteiger partial charge >= 0.3 is 0 Å². The Morgan fingerprint density at radius 2 is 2.22 bits per heavy atom. The molecule has 1 aliphatic heterocycles. The number of pyridine rings is 1. The van der Waals surface area contributed by atoms with Crippen molar-refractivity contribution in [1.82, 2.24) is 9.88 Å². The summed E-state index contributed by atoms with van der Waals surface area (Å²) in [6.45, 7) is 1.48. The van der Waals surface area contributed by atoms with E-state index in [0.29, 0.717) is 35.2 Å². The Hall–Kier alpha value is -3.16. The van der Waals surface area contributed by atoms with E-state index in [1.54, 1.807) is 0 Å². The molecule has 168 valence electrons. The number of rotatable bonds is 5. The molecular weight excluding hydrogens is 428 g/mol. The van der Waals surface area contributed by atoms with Crippen molar-refractivity contribution in [2.24, 2.45) is 10.7 Å². The Morgan fingerprint density at radius 3 is 2.94 bits per heavy atom. The molecule has 5 N–H and O–H groups in total. The molecular formula is C22H26N6O3S. The number of ether oxygens (including phenoxy) is 1. The van der Waals surface area contributed by atoms with Crippen LogP contribution in [0, 0.1) is 11.3 Å². The number of hydrogen-bond acceptors (Lipinski definition) is 7. The van der Waals surface area contributed by atoms with Crippen LogP contribution in [0.3, 0.4) is 0 Å². The molecule has 0 bridgehead atoms. The average molecular weight is 455 g/mol. The molecule has 2 aliphatic rings. The number of hydrogen-bond donors (Lipinski definition) is 3. The zero-order valence-corrected chi connectivity index (χ0v) is 18.7. The Morgan fingerprint density at radius 1 is 1.41 bits per heavy atom. The van der Waals surface area contributed by atoms with Crippen LogP contribution in [0.25, 0.3) is 0 Å². The van der Waals surface area contributed by atoms with Gasteiger partial charge in [-0.25, -0.2) is 0 Å². The quantitative estimate of drug-likeness (QED) is 0.459. The number of likely N-dealkylation sites (N-methyl/N-ethyl adjacent to an activating group) is 1. The van der Waals surface area contributed by atoms with Gasteiger partial charge in [-0.05, 0) is 51.3 Å². The summed E-state index contributed by atoms with van der Waals surface area (Å²) in [5, 5.41) is 9.90. The van der Waals surface area contributed by atoms with Crippen LogP contribution in [0.1, 0.15) is 53.3 Å². The highest BCUT2D eigenvalue weighted by Crippen LogP contribution is 2.42. The fourth-order valence-corrected chi connectivity index (χ4v) is 5.53. The molecule has 3 heterocycles. The van der Waals surface area contributed by atoms with Gasteiger partial charge in [-0.15, -0.1) is 11.3 Å². The summed E-state index contributed by atoms with van der Waals surface area (Å²) < 4.78 is 5.79. The minimum atomic E-state index is -0.565. The van der Waals surface area contributed by atoms with E-state index in [2.05, 4.69) is 20.9 Å². The second-order valence-electron chi connectivity index (χ2n) is 8.25. The van der Waals surface area contributed by atoms with E-state index in [1.165, 1.54) is 23.5 Å². The predicted octanol–water partition coefficient (Wildman–Crippen LogP) is 1.72. The lowest BCUT2D eigenvalue weighted by Crippen LogP contribution is -2.31. The Balaban J connectivity index is 1.55. The monoisotopic (exact) mass is 454 g/mol. The fraction of sp³-hybridized carbons (Fsp3) is 0.455. The van der Waals surface area contributed by atoms with Crippen molar-refractivity contribution in [3.63, 3.8) is 0 Å². The van der Waals surface area contributed by atoms with Gasteiger partial charge in [0, 0.05) is 23.1 Å². The van der Waals surface area contributed by atoms with E-state index < -0.39 is 11.8 Å². The number of nitrogens with two attached hydrogens (primary N) is 2. The molecule has 0 saturated carbocycles. The summed E-state index contributed by atoms with van der Waals surface area (Å²) in [5.74, 6) is -0.817. The number of aromatic nitrogens is 1. The third-order valence-corrected chi connectivity index (χ3v) is 7.23. The summed E-state index contributed by atoms with van der Waals surface area (Å²) in [4.78, 5) is 35.3. The summed E-state index contributed by atoms with van der Waals surface area (Å²) in [6, 6.07) is 5.05. The first-order chi connectivity index (χ1) is 15.4. The van der Waals surface area contributed by atoms with E-state index in [-0.39, 0.29) is 22.8 Å². The molecule has 32 heavy (non-hydrogen) atoms.